The van der Waals surface area contributed by atoms with Gasteiger partial charge in [-0.3, -0.25) is 0 Å². The van der Waals surface area contributed by atoms with E-state index < -0.39 is 0 Å². The molecule has 0 aliphatic carbocycles. The van der Waals surface area contributed by atoms with E-state index in [1.807, 2.05) is 6.07 Å². The van der Waals surface area contributed by atoms with Gasteiger partial charge in [0.25, 0.3) is 0 Å². The summed E-state index contributed by atoms with van der Waals surface area (Å²) in [5.74, 6) is 0. The van der Waals surface area contributed by atoms with E-state index in [1.165, 1.54) is 16.7 Å². The summed E-state index contributed by atoms with van der Waals surface area (Å²) >= 11 is 4.47. The number of rotatable bonds is 3. The minimum atomic E-state index is 0.393. The molecule has 0 N–H and O–H groups in total. The molecule has 0 radical (unpaired) electrons. The lowest BCUT2D eigenvalue weighted by Crippen LogP contribution is -1.99. The van der Waals surface area contributed by atoms with Gasteiger partial charge in [-0.2, -0.15) is 12.6 Å². The molecule has 0 bridgehead atoms. The molecule has 0 aromatic heterocycles. The van der Waals surface area contributed by atoms with Gasteiger partial charge in [-0.25, -0.2) is 0 Å². The first kappa shape index (κ1) is 11.3. The molecule has 0 fully saturated rings. The minimum Gasteiger partial charge on any atom is -0.176 e. The number of benzene rings is 2. The first-order valence-electron chi connectivity index (χ1n) is 5.59. The molecule has 82 valence electrons. The van der Waals surface area contributed by atoms with Crippen LogP contribution in [0.1, 0.15) is 12.5 Å². The number of hydrogen-bond acceptors (Lipinski definition) is 1. The Morgan fingerprint density at radius 3 is 2.25 bits per heavy atom. The summed E-state index contributed by atoms with van der Waals surface area (Å²) in [5.41, 5.74) is 3.98. The van der Waals surface area contributed by atoms with Crippen molar-refractivity contribution in [2.75, 3.05) is 0 Å². The molecular weight excluding hydrogens is 212 g/mol. The Labute approximate surface area is 103 Å². The Bertz CT molecular complexity index is 446. The highest BCUT2D eigenvalue weighted by atomic mass is 32.1. The zero-order valence-electron chi connectivity index (χ0n) is 9.43. The average molecular weight is 228 g/mol. The summed E-state index contributed by atoms with van der Waals surface area (Å²) in [4.78, 5) is 0. The molecule has 1 heteroatoms. The Morgan fingerprint density at radius 2 is 1.56 bits per heavy atom. The lowest BCUT2D eigenvalue weighted by Gasteiger charge is -2.11. The lowest BCUT2D eigenvalue weighted by atomic mass is 9.97. The molecule has 0 saturated carbocycles. The third-order valence-electron chi connectivity index (χ3n) is 2.62. The molecule has 0 aliphatic heterocycles. The summed E-state index contributed by atoms with van der Waals surface area (Å²) in [6.07, 6.45) is 1.01. The predicted molar refractivity (Wildman–Crippen MR) is 74.0 cm³/mol. The maximum absolute atomic E-state index is 4.47. The van der Waals surface area contributed by atoms with Crippen LogP contribution in [0.4, 0.5) is 0 Å². The summed E-state index contributed by atoms with van der Waals surface area (Å²) in [5, 5.41) is 0.393. The van der Waals surface area contributed by atoms with Gasteiger partial charge in [0.15, 0.2) is 0 Å². The highest BCUT2D eigenvalue weighted by Crippen LogP contribution is 2.24. The second kappa shape index (κ2) is 5.22. The Hall–Kier alpha value is -1.21. The minimum absolute atomic E-state index is 0.393. The lowest BCUT2D eigenvalue weighted by molar-refractivity contribution is 0.952. The largest absolute Gasteiger partial charge is 0.176 e. The van der Waals surface area contributed by atoms with Crippen molar-refractivity contribution in [3.05, 3.63) is 60.2 Å². The first-order chi connectivity index (χ1) is 7.77. The Balaban J connectivity index is 2.41. The van der Waals surface area contributed by atoms with E-state index in [0.29, 0.717) is 5.25 Å². The van der Waals surface area contributed by atoms with E-state index in [2.05, 4.69) is 68.1 Å². The second-order valence-electron chi connectivity index (χ2n) is 4.08. The zero-order valence-corrected chi connectivity index (χ0v) is 10.3. The molecule has 16 heavy (non-hydrogen) atoms. The van der Waals surface area contributed by atoms with Gasteiger partial charge in [-0.1, -0.05) is 61.5 Å². The van der Waals surface area contributed by atoms with Crippen molar-refractivity contribution in [1.82, 2.24) is 0 Å². The smallest absolute Gasteiger partial charge is 0.00290 e. The van der Waals surface area contributed by atoms with Crippen LogP contribution in [-0.2, 0) is 6.42 Å². The monoisotopic (exact) mass is 228 g/mol. The van der Waals surface area contributed by atoms with Crippen molar-refractivity contribution in [2.45, 2.75) is 18.6 Å². The molecule has 1 unspecified atom stereocenters. The van der Waals surface area contributed by atoms with Gasteiger partial charge in [0.2, 0.25) is 0 Å². The van der Waals surface area contributed by atoms with E-state index in [4.69, 9.17) is 0 Å². The second-order valence-corrected chi connectivity index (χ2v) is 4.96. The Morgan fingerprint density at radius 1 is 0.938 bits per heavy atom. The van der Waals surface area contributed by atoms with E-state index in [1.54, 1.807) is 0 Å². The average Bonchev–Trinajstić information content (AvgIpc) is 2.30. The summed E-state index contributed by atoms with van der Waals surface area (Å²) in [6, 6.07) is 19.1. The van der Waals surface area contributed by atoms with Crippen LogP contribution in [0.25, 0.3) is 11.1 Å². The van der Waals surface area contributed by atoms with E-state index in [0.717, 1.165) is 6.42 Å². The SMILES string of the molecule is CC(S)Cc1ccccc1-c1ccccc1. The molecule has 2 aromatic carbocycles. The molecule has 0 amide bonds. The summed E-state index contributed by atoms with van der Waals surface area (Å²) in [6.45, 7) is 2.13. The third-order valence-corrected chi connectivity index (χ3v) is 2.80. The van der Waals surface area contributed by atoms with Gasteiger partial charge < -0.3 is 0 Å². The maximum atomic E-state index is 4.47. The van der Waals surface area contributed by atoms with Crippen LogP contribution in [0, 0.1) is 0 Å². The van der Waals surface area contributed by atoms with Crippen molar-refractivity contribution in [2.24, 2.45) is 0 Å². The third kappa shape index (κ3) is 2.67. The molecule has 2 aromatic rings. The van der Waals surface area contributed by atoms with Crippen molar-refractivity contribution in [1.29, 1.82) is 0 Å². The highest BCUT2D eigenvalue weighted by Gasteiger charge is 2.05. The predicted octanol–water partition coefficient (Wildman–Crippen LogP) is 4.21. The van der Waals surface area contributed by atoms with Crippen molar-refractivity contribution in [3.8, 4) is 11.1 Å². The van der Waals surface area contributed by atoms with Crippen LogP contribution in [0.2, 0.25) is 0 Å². The quantitative estimate of drug-likeness (QED) is 0.747. The van der Waals surface area contributed by atoms with Crippen molar-refractivity contribution < 1.29 is 0 Å². The van der Waals surface area contributed by atoms with Gasteiger partial charge in [0.1, 0.15) is 0 Å². The van der Waals surface area contributed by atoms with Gasteiger partial charge in [-0.15, -0.1) is 0 Å². The molecule has 0 saturated heterocycles. The van der Waals surface area contributed by atoms with Crippen LogP contribution in [0.3, 0.4) is 0 Å². The molecule has 0 nitrogen and oxygen atoms in total. The Kier molecular flexibility index (Phi) is 3.68. The van der Waals surface area contributed by atoms with Crippen LogP contribution >= 0.6 is 12.6 Å². The fraction of sp³-hybridized carbons (Fsp3) is 0.200. The van der Waals surface area contributed by atoms with Crippen LogP contribution in [0.15, 0.2) is 54.6 Å². The van der Waals surface area contributed by atoms with Gasteiger partial charge in [0.05, 0.1) is 0 Å². The van der Waals surface area contributed by atoms with Crippen molar-refractivity contribution in [3.63, 3.8) is 0 Å². The number of hydrogen-bond donors (Lipinski definition) is 1. The van der Waals surface area contributed by atoms with Crippen LogP contribution in [-0.4, -0.2) is 5.25 Å². The summed E-state index contributed by atoms with van der Waals surface area (Å²) < 4.78 is 0. The topological polar surface area (TPSA) is 0 Å². The van der Waals surface area contributed by atoms with Crippen LogP contribution in [0.5, 0.6) is 0 Å². The highest BCUT2D eigenvalue weighted by molar-refractivity contribution is 7.80. The molecular formula is C15H16S. The van der Waals surface area contributed by atoms with Crippen LogP contribution < -0.4 is 0 Å². The van der Waals surface area contributed by atoms with E-state index in [9.17, 15) is 0 Å². The molecule has 2 rings (SSSR count). The molecule has 0 heterocycles. The fourth-order valence-electron chi connectivity index (χ4n) is 1.92. The zero-order chi connectivity index (χ0) is 11.4. The van der Waals surface area contributed by atoms with Gasteiger partial charge >= 0.3 is 0 Å². The molecule has 0 spiro atoms. The van der Waals surface area contributed by atoms with Crippen molar-refractivity contribution >= 4 is 12.6 Å². The van der Waals surface area contributed by atoms with Gasteiger partial charge in [-0.05, 0) is 23.1 Å². The van der Waals surface area contributed by atoms with E-state index in [-0.39, 0.29) is 0 Å². The maximum Gasteiger partial charge on any atom is 0.00290 e. The first-order valence-corrected chi connectivity index (χ1v) is 6.10. The normalized spacial score (nSPS) is 12.4. The molecule has 0 aliphatic rings. The fourth-order valence-corrected chi connectivity index (χ4v) is 2.11. The van der Waals surface area contributed by atoms with Gasteiger partial charge in [0, 0.05) is 5.25 Å². The number of thiol groups is 1. The summed E-state index contributed by atoms with van der Waals surface area (Å²) in [7, 11) is 0. The van der Waals surface area contributed by atoms with E-state index >= 15 is 0 Å². The standard InChI is InChI=1S/C15H16S/c1-12(16)11-14-9-5-6-10-15(14)13-7-3-2-4-8-13/h2-10,12,16H,11H2,1H3. The molecule has 1 atom stereocenters.